The van der Waals surface area contributed by atoms with Gasteiger partial charge in [0.2, 0.25) is 0 Å². The molecule has 3 heterocycles. The van der Waals surface area contributed by atoms with Gasteiger partial charge in [-0.2, -0.15) is 0 Å². The van der Waals surface area contributed by atoms with Crippen LogP contribution in [0.25, 0.3) is 0 Å². The fourth-order valence-corrected chi connectivity index (χ4v) is 11.7. The van der Waals surface area contributed by atoms with Crippen molar-refractivity contribution in [2.24, 2.45) is 0 Å². The van der Waals surface area contributed by atoms with Crippen LogP contribution in [-0.2, 0) is 85.7 Å². The Labute approximate surface area is 330 Å². The Kier molecular flexibility index (Phi) is 17.1. The highest BCUT2D eigenvalue weighted by molar-refractivity contribution is 8.05. The first-order chi connectivity index (χ1) is 25.2. The highest BCUT2D eigenvalue weighted by atomic mass is 32.2. The maximum atomic E-state index is 12.4. The molecular formula is C31H38O18S5. The largest absolute Gasteiger partial charge is 0.463 e. The molecule has 1 aromatic rings. The number of carbonyl (C=O) groups is 8. The highest BCUT2D eigenvalue weighted by Gasteiger charge is 2.54. The van der Waals surface area contributed by atoms with E-state index in [-0.39, 0.29) is 0 Å². The Morgan fingerprint density at radius 3 is 1.04 bits per heavy atom. The molecule has 0 aliphatic carbocycles. The second-order valence-electron chi connectivity index (χ2n) is 11.4. The van der Waals surface area contributed by atoms with E-state index in [1.807, 2.05) is 0 Å². The average molecular weight is 859 g/mol. The zero-order valence-corrected chi connectivity index (χ0v) is 34.2. The van der Waals surface area contributed by atoms with Crippen LogP contribution in [0, 0.1) is 3.14 Å². The number of ether oxygens (including phenoxy) is 10. The number of rotatable bonds is 14. The SMILES string of the molecule is CC(=O)OC[C@@H]1O[C@H](Sc2sc(=S)sc2S[C@H]2O[C@@H](COC(C)=O)[C@H](OC(C)=O)[C@@H](OC(C)=O)[C@@H]2OC(C)=O)[C@@H](OC(C)=O)[C@H](OC(C)=O)[C@H]1OC(C)=O. The average Bonchev–Trinajstić information content (AvgIpc) is 3.37. The van der Waals surface area contributed by atoms with Crippen LogP contribution in [0.1, 0.15) is 55.4 Å². The van der Waals surface area contributed by atoms with Crippen molar-refractivity contribution in [3.8, 4) is 0 Å². The molecule has 3 rings (SSSR count). The fraction of sp³-hybridized carbons (Fsp3) is 0.645. The van der Waals surface area contributed by atoms with Gasteiger partial charge < -0.3 is 47.4 Å². The zero-order valence-electron chi connectivity index (χ0n) is 30.1. The summed E-state index contributed by atoms with van der Waals surface area (Å²) in [6.45, 7) is 8.03. The van der Waals surface area contributed by atoms with Gasteiger partial charge in [0.15, 0.2) is 36.6 Å². The van der Waals surface area contributed by atoms with Gasteiger partial charge >= 0.3 is 47.8 Å². The van der Waals surface area contributed by atoms with Gasteiger partial charge in [-0.25, -0.2) is 0 Å². The number of hydrogen-bond donors (Lipinski definition) is 0. The summed E-state index contributed by atoms with van der Waals surface area (Å²) in [6, 6.07) is 0. The van der Waals surface area contributed by atoms with Gasteiger partial charge in [0.25, 0.3) is 0 Å². The van der Waals surface area contributed by atoms with Crippen LogP contribution in [0.4, 0.5) is 0 Å². The quantitative estimate of drug-likeness (QED) is 0.149. The number of hydrogen-bond acceptors (Lipinski definition) is 23. The van der Waals surface area contributed by atoms with Gasteiger partial charge in [-0.1, -0.05) is 35.7 Å². The van der Waals surface area contributed by atoms with Crippen LogP contribution in [0.2, 0.25) is 0 Å². The monoisotopic (exact) mass is 858 g/mol. The van der Waals surface area contributed by atoms with Gasteiger partial charge in [0.1, 0.15) is 39.4 Å². The fourth-order valence-electron chi connectivity index (χ4n) is 5.18. The Hall–Kier alpha value is -3.35. The normalized spacial score (nSPS) is 27.7. The lowest BCUT2D eigenvalue weighted by Crippen LogP contribution is -2.61. The Balaban J connectivity index is 2.10. The summed E-state index contributed by atoms with van der Waals surface area (Å²) in [5.74, 6) is -6.16. The lowest BCUT2D eigenvalue weighted by molar-refractivity contribution is -0.237. The maximum absolute atomic E-state index is 12.4. The van der Waals surface area contributed by atoms with Crippen LogP contribution >= 0.6 is 58.4 Å². The van der Waals surface area contributed by atoms with E-state index >= 15 is 0 Å². The third-order valence-corrected chi connectivity index (χ3v) is 12.6. The van der Waals surface area contributed by atoms with Crippen LogP contribution in [0.5, 0.6) is 0 Å². The third-order valence-electron chi connectivity index (χ3n) is 6.86. The molecule has 54 heavy (non-hydrogen) atoms. The summed E-state index contributed by atoms with van der Waals surface area (Å²) in [6.07, 6.45) is -10.8. The molecule has 2 fully saturated rings. The summed E-state index contributed by atoms with van der Waals surface area (Å²) >= 11 is 9.68. The molecule has 0 spiro atoms. The minimum Gasteiger partial charge on any atom is -0.463 e. The molecule has 0 radical (unpaired) electrons. The van der Waals surface area contributed by atoms with Crippen LogP contribution in [0.3, 0.4) is 0 Å². The smallest absolute Gasteiger partial charge is 0.303 e. The highest BCUT2D eigenvalue weighted by Crippen LogP contribution is 2.49. The summed E-state index contributed by atoms with van der Waals surface area (Å²) in [7, 11) is 0. The molecule has 18 nitrogen and oxygen atoms in total. The van der Waals surface area contributed by atoms with Gasteiger partial charge in [-0.05, 0) is 0 Å². The van der Waals surface area contributed by atoms with E-state index in [4.69, 9.17) is 59.6 Å². The number of carbonyl (C=O) groups excluding carboxylic acids is 8. The second kappa shape index (κ2) is 20.5. The van der Waals surface area contributed by atoms with Crippen molar-refractivity contribution >= 4 is 106 Å². The lowest BCUT2D eigenvalue weighted by atomic mass is 9.99. The van der Waals surface area contributed by atoms with Gasteiger partial charge in [0.05, 0.1) is 8.42 Å². The molecule has 2 saturated heterocycles. The second-order valence-corrected chi connectivity index (χ2v) is 17.4. The molecule has 0 amide bonds. The summed E-state index contributed by atoms with van der Waals surface area (Å²) in [4.78, 5) is 97.2. The van der Waals surface area contributed by atoms with E-state index < -0.39 is 121 Å². The third kappa shape index (κ3) is 13.4. The van der Waals surface area contributed by atoms with Gasteiger partial charge in [-0.15, -0.1) is 22.7 Å². The molecule has 2 aliphatic rings. The number of esters is 8. The van der Waals surface area contributed by atoms with E-state index in [1.165, 1.54) is 0 Å². The van der Waals surface area contributed by atoms with Crippen molar-refractivity contribution in [3.63, 3.8) is 0 Å². The van der Waals surface area contributed by atoms with E-state index in [9.17, 15) is 38.4 Å². The van der Waals surface area contributed by atoms with Gasteiger partial charge in [-0.3, -0.25) is 38.4 Å². The molecule has 0 aromatic carbocycles. The standard InChI is InChI=1S/C31H38O18S5/c1-11(32)40-9-19-21(42-13(3)34)23(44-15(5)36)25(46-17(7)38)27(48-19)51-29-30(54-31(50)53-29)52-28-26(47-18(8)39)24(45-16(6)37)22(43-14(4)35)20(49-28)10-41-12(2)33/h19-28H,9-10H2,1-8H3/t19-,20-,21-,22-,23+,24+,25-,26-,27+,28+/m0/s1. The Bertz CT molecular complexity index is 1530. The van der Waals surface area contributed by atoms with Gasteiger partial charge in [0, 0.05) is 55.4 Å². The lowest BCUT2D eigenvalue weighted by Gasteiger charge is -2.44. The van der Waals surface area contributed by atoms with Crippen molar-refractivity contribution in [1.82, 2.24) is 0 Å². The minimum absolute atomic E-state index is 0.385. The van der Waals surface area contributed by atoms with Crippen LogP contribution in [0.15, 0.2) is 8.42 Å². The molecule has 0 bridgehead atoms. The molecule has 1 aromatic heterocycles. The van der Waals surface area contributed by atoms with E-state index in [0.717, 1.165) is 102 Å². The van der Waals surface area contributed by atoms with Crippen molar-refractivity contribution < 1.29 is 85.7 Å². The van der Waals surface area contributed by atoms with Crippen LogP contribution in [-0.4, -0.2) is 121 Å². The molecule has 300 valence electrons. The molecular weight excluding hydrogens is 821 g/mol. The molecule has 0 saturated carbocycles. The minimum atomic E-state index is -1.43. The molecule has 0 unspecified atom stereocenters. The topological polar surface area (TPSA) is 229 Å². The van der Waals surface area contributed by atoms with Crippen molar-refractivity contribution in [2.75, 3.05) is 13.2 Å². The predicted molar refractivity (Wildman–Crippen MR) is 189 cm³/mol. The molecule has 23 heteroatoms. The predicted octanol–water partition coefficient (Wildman–Crippen LogP) is 2.89. The van der Waals surface area contributed by atoms with Crippen molar-refractivity contribution in [3.05, 3.63) is 3.14 Å². The summed E-state index contributed by atoms with van der Waals surface area (Å²) in [5, 5.41) is 0. The van der Waals surface area contributed by atoms with E-state index in [2.05, 4.69) is 0 Å². The van der Waals surface area contributed by atoms with E-state index in [0.29, 0.717) is 11.6 Å². The summed E-state index contributed by atoms with van der Waals surface area (Å²) < 4.78 is 57.2. The zero-order chi connectivity index (χ0) is 40.4. The van der Waals surface area contributed by atoms with Crippen LogP contribution < -0.4 is 0 Å². The first-order valence-electron chi connectivity index (χ1n) is 15.8. The summed E-state index contributed by atoms with van der Waals surface area (Å²) in [5.41, 5.74) is -2.42. The van der Waals surface area contributed by atoms with Crippen molar-refractivity contribution in [2.45, 2.75) is 124 Å². The molecule has 2 aliphatic heterocycles. The van der Waals surface area contributed by atoms with Crippen molar-refractivity contribution in [1.29, 1.82) is 0 Å². The Morgan fingerprint density at radius 2 is 0.759 bits per heavy atom. The first kappa shape index (κ1) is 45.0. The molecule has 10 atom stereocenters. The first-order valence-corrected chi connectivity index (χ1v) is 19.6. The molecule has 0 N–H and O–H groups in total. The Morgan fingerprint density at radius 1 is 0.481 bits per heavy atom. The maximum Gasteiger partial charge on any atom is 0.303 e. The number of thioether (sulfide) groups is 2. The van der Waals surface area contributed by atoms with E-state index in [1.54, 1.807) is 0 Å².